The van der Waals surface area contributed by atoms with Gasteiger partial charge in [0.1, 0.15) is 24.2 Å². The second-order valence-electron chi connectivity index (χ2n) is 9.86. The Kier molecular flexibility index (Phi) is 10.0. The Morgan fingerprint density at radius 2 is 1.70 bits per heavy atom. The van der Waals surface area contributed by atoms with Gasteiger partial charge in [-0.25, -0.2) is 13.2 Å². The zero-order valence-electron chi connectivity index (χ0n) is 22.5. The molecule has 1 aliphatic carbocycles. The largest absolute Gasteiger partial charge is 0.506 e. The first-order chi connectivity index (χ1) is 19.2. The number of esters is 1. The molecule has 0 radical (unpaired) electrons. The first-order valence-electron chi connectivity index (χ1n) is 13.5. The molecule has 214 valence electrons. The van der Waals surface area contributed by atoms with Crippen LogP contribution in [-0.2, 0) is 14.8 Å². The van der Waals surface area contributed by atoms with Gasteiger partial charge >= 0.3 is 5.97 Å². The summed E-state index contributed by atoms with van der Waals surface area (Å²) in [7, 11) is -3.88. The molecule has 4 N–H and O–H groups in total. The molecule has 1 saturated carbocycles. The van der Waals surface area contributed by atoms with E-state index in [2.05, 4.69) is 10.0 Å². The van der Waals surface area contributed by atoms with Gasteiger partial charge in [0.2, 0.25) is 0 Å². The third-order valence-corrected chi connectivity index (χ3v) is 8.35. The van der Waals surface area contributed by atoms with Crippen molar-refractivity contribution in [3.05, 3.63) is 83.9 Å². The predicted octanol–water partition coefficient (Wildman–Crippen LogP) is 4.43. The number of hydrogen-bond donors (Lipinski definition) is 4. The molecule has 4 rings (SSSR count). The number of hydrogen-bond acceptors (Lipinski definition) is 8. The third-order valence-electron chi connectivity index (χ3n) is 6.97. The molecule has 1 aliphatic rings. The lowest BCUT2D eigenvalue weighted by Gasteiger charge is -2.30. The molecule has 0 spiro atoms. The summed E-state index contributed by atoms with van der Waals surface area (Å²) in [6.07, 6.45) is 3.20. The van der Waals surface area contributed by atoms with Gasteiger partial charge in [-0.2, -0.15) is 0 Å². The SMILES string of the molecule is CCOC(=O)c1ccc(C2CCC(NCC(O)COc3ccc(O)c(NS(=O)(=O)c4ccccc4)c3)CC2)cc1. The Bertz CT molecular complexity index is 1360. The van der Waals surface area contributed by atoms with Gasteiger partial charge in [0.25, 0.3) is 10.0 Å². The summed E-state index contributed by atoms with van der Waals surface area (Å²) in [5.74, 6) is 0.213. The predicted molar refractivity (Wildman–Crippen MR) is 152 cm³/mol. The summed E-state index contributed by atoms with van der Waals surface area (Å²) < 4.78 is 38.3. The van der Waals surface area contributed by atoms with Crippen LogP contribution in [0.15, 0.2) is 77.7 Å². The summed E-state index contributed by atoms with van der Waals surface area (Å²) in [5.41, 5.74) is 1.77. The van der Waals surface area contributed by atoms with Crippen LogP contribution in [0.5, 0.6) is 11.5 Å². The minimum Gasteiger partial charge on any atom is -0.506 e. The summed E-state index contributed by atoms with van der Waals surface area (Å²) in [6, 6.07) is 20.0. The van der Waals surface area contributed by atoms with Crippen LogP contribution < -0.4 is 14.8 Å². The number of carbonyl (C=O) groups excluding carboxylic acids is 1. The minimum absolute atomic E-state index is 0.00477. The van der Waals surface area contributed by atoms with E-state index in [9.17, 15) is 23.4 Å². The monoisotopic (exact) mass is 568 g/mol. The summed E-state index contributed by atoms with van der Waals surface area (Å²) >= 11 is 0. The summed E-state index contributed by atoms with van der Waals surface area (Å²) in [4.78, 5) is 11.9. The number of aliphatic hydroxyl groups excluding tert-OH is 1. The van der Waals surface area contributed by atoms with E-state index in [1.807, 2.05) is 24.3 Å². The summed E-state index contributed by atoms with van der Waals surface area (Å²) in [5, 5.41) is 24.0. The highest BCUT2D eigenvalue weighted by molar-refractivity contribution is 7.92. The highest BCUT2D eigenvalue weighted by Gasteiger charge is 2.23. The highest BCUT2D eigenvalue weighted by Crippen LogP contribution is 2.33. The molecule has 1 fully saturated rings. The lowest BCUT2D eigenvalue weighted by Crippen LogP contribution is -2.39. The van der Waals surface area contributed by atoms with Crippen molar-refractivity contribution in [2.75, 3.05) is 24.5 Å². The summed E-state index contributed by atoms with van der Waals surface area (Å²) in [6.45, 7) is 2.51. The van der Waals surface area contributed by atoms with Crippen LogP contribution in [0.4, 0.5) is 5.69 Å². The van der Waals surface area contributed by atoms with Gasteiger partial charge in [-0.15, -0.1) is 0 Å². The number of phenols is 1. The molecule has 0 bridgehead atoms. The van der Waals surface area contributed by atoms with E-state index >= 15 is 0 Å². The van der Waals surface area contributed by atoms with E-state index in [-0.39, 0.29) is 35.0 Å². The molecule has 3 aromatic rings. The number of phenolic OH excluding ortho intramolecular Hbond substituents is 1. The van der Waals surface area contributed by atoms with Crippen molar-refractivity contribution in [2.45, 2.75) is 55.6 Å². The molecule has 40 heavy (non-hydrogen) atoms. The molecule has 0 saturated heterocycles. The Hall–Kier alpha value is -3.60. The van der Waals surface area contributed by atoms with Crippen molar-refractivity contribution in [1.29, 1.82) is 0 Å². The van der Waals surface area contributed by atoms with Gasteiger partial charge in [-0.3, -0.25) is 4.72 Å². The normalized spacial score (nSPS) is 18.1. The fourth-order valence-corrected chi connectivity index (χ4v) is 5.87. The zero-order valence-corrected chi connectivity index (χ0v) is 23.3. The molecule has 9 nitrogen and oxygen atoms in total. The Morgan fingerprint density at radius 3 is 2.38 bits per heavy atom. The fourth-order valence-electron chi connectivity index (χ4n) is 4.78. The first kappa shape index (κ1) is 29.4. The Balaban J connectivity index is 1.21. The van der Waals surface area contributed by atoms with Crippen LogP contribution in [0.3, 0.4) is 0 Å². The number of benzene rings is 3. The number of nitrogens with one attached hydrogen (secondary N) is 2. The van der Waals surface area contributed by atoms with Crippen LogP contribution >= 0.6 is 0 Å². The van der Waals surface area contributed by atoms with Crippen molar-refractivity contribution >= 4 is 21.7 Å². The quantitative estimate of drug-likeness (QED) is 0.186. The van der Waals surface area contributed by atoms with Crippen LogP contribution in [0.1, 0.15) is 54.4 Å². The average molecular weight is 569 g/mol. The molecule has 0 heterocycles. The second-order valence-corrected chi connectivity index (χ2v) is 11.5. The fraction of sp³-hybridized carbons (Fsp3) is 0.367. The van der Waals surface area contributed by atoms with E-state index in [4.69, 9.17) is 9.47 Å². The average Bonchev–Trinajstić information content (AvgIpc) is 2.97. The van der Waals surface area contributed by atoms with Gasteiger partial charge in [-0.1, -0.05) is 30.3 Å². The van der Waals surface area contributed by atoms with Crippen molar-refractivity contribution in [1.82, 2.24) is 5.32 Å². The molecule has 0 aliphatic heterocycles. The highest BCUT2D eigenvalue weighted by atomic mass is 32.2. The number of anilines is 1. The topological polar surface area (TPSA) is 134 Å². The van der Waals surface area contributed by atoms with E-state index in [1.54, 1.807) is 25.1 Å². The maximum atomic E-state index is 12.6. The van der Waals surface area contributed by atoms with E-state index in [0.29, 0.717) is 30.4 Å². The van der Waals surface area contributed by atoms with Gasteiger partial charge in [0.05, 0.1) is 22.8 Å². The molecule has 3 aromatic carbocycles. The molecular formula is C30H36N2O7S. The number of sulfonamides is 1. The minimum atomic E-state index is -3.88. The number of aliphatic hydroxyl groups is 1. The first-order valence-corrected chi connectivity index (χ1v) is 15.0. The zero-order chi connectivity index (χ0) is 28.5. The van der Waals surface area contributed by atoms with Gasteiger partial charge in [-0.05, 0) is 80.5 Å². The molecule has 10 heteroatoms. The molecule has 1 atom stereocenters. The van der Waals surface area contributed by atoms with Gasteiger partial charge < -0.3 is 25.0 Å². The Morgan fingerprint density at radius 1 is 1.00 bits per heavy atom. The van der Waals surface area contributed by atoms with E-state index < -0.39 is 16.1 Å². The Labute approximate surface area is 235 Å². The number of ether oxygens (including phenoxy) is 2. The van der Waals surface area contributed by atoms with Crippen LogP contribution in [0, 0.1) is 0 Å². The van der Waals surface area contributed by atoms with Crippen LogP contribution in [0.2, 0.25) is 0 Å². The molecule has 1 unspecified atom stereocenters. The van der Waals surface area contributed by atoms with E-state index in [0.717, 1.165) is 25.7 Å². The van der Waals surface area contributed by atoms with Crippen molar-refractivity contribution in [2.24, 2.45) is 0 Å². The third kappa shape index (κ3) is 7.97. The van der Waals surface area contributed by atoms with Crippen molar-refractivity contribution in [3.63, 3.8) is 0 Å². The van der Waals surface area contributed by atoms with Crippen LogP contribution in [0.25, 0.3) is 0 Å². The van der Waals surface area contributed by atoms with Crippen LogP contribution in [-0.4, -0.2) is 56.5 Å². The van der Waals surface area contributed by atoms with Crippen molar-refractivity contribution in [3.8, 4) is 11.5 Å². The number of carbonyl (C=O) groups is 1. The van der Waals surface area contributed by atoms with E-state index in [1.165, 1.54) is 35.9 Å². The maximum absolute atomic E-state index is 12.6. The molecular weight excluding hydrogens is 532 g/mol. The van der Waals surface area contributed by atoms with Crippen molar-refractivity contribution < 1.29 is 32.9 Å². The lowest BCUT2D eigenvalue weighted by molar-refractivity contribution is 0.0526. The number of rotatable bonds is 12. The standard InChI is InChI=1S/C30H36N2O7S/c1-2-38-30(35)23-10-8-21(9-11-23)22-12-14-24(15-13-22)31-19-25(33)20-39-26-16-17-29(34)28(18-26)32-40(36,37)27-6-4-3-5-7-27/h3-11,16-18,22,24-25,31-34H,2,12-15,19-20H2,1H3. The smallest absolute Gasteiger partial charge is 0.338 e. The maximum Gasteiger partial charge on any atom is 0.338 e. The molecule has 0 amide bonds. The van der Waals surface area contributed by atoms with Gasteiger partial charge in [0, 0.05) is 18.7 Å². The second kappa shape index (κ2) is 13.6. The molecule has 0 aromatic heterocycles. The number of aromatic hydroxyl groups is 1. The lowest BCUT2D eigenvalue weighted by atomic mass is 9.81. The van der Waals surface area contributed by atoms with Gasteiger partial charge in [0.15, 0.2) is 0 Å².